The highest BCUT2D eigenvalue weighted by Gasteiger charge is 2.07. The molecule has 1 rings (SSSR count). The topological polar surface area (TPSA) is 75.6 Å². The molecule has 1 aromatic carbocycles. The standard InChI is InChI=1S/C15H21NO4/c1-12(18)20-14-8-6-7-13(11-14)15(19)16-9-4-2-3-5-10-17/h6-8,11,17H,2-5,9-10H2,1H3,(H,16,19). The van der Waals surface area contributed by atoms with E-state index in [1.807, 2.05) is 0 Å². The number of hydrogen-bond acceptors (Lipinski definition) is 4. The van der Waals surface area contributed by atoms with E-state index < -0.39 is 5.97 Å². The van der Waals surface area contributed by atoms with Gasteiger partial charge in [-0.25, -0.2) is 0 Å². The molecule has 20 heavy (non-hydrogen) atoms. The first-order valence-corrected chi connectivity index (χ1v) is 6.81. The van der Waals surface area contributed by atoms with Crippen LogP contribution in [0.1, 0.15) is 43.0 Å². The summed E-state index contributed by atoms with van der Waals surface area (Å²) in [5, 5.41) is 11.5. The van der Waals surface area contributed by atoms with Crippen molar-refractivity contribution < 1.29 is 19.4 Å². The molecule has 0 heterocycles. The first-order chi connectivity index (χ1) is 9.63. The van der Waals surface area contributed by atoms with Crippen LogP contribution in [0, 0.1) is 0 Å². The van der Waals surface area contributed by atoms with Gasteiger partial charge in [0.1, 0.15) is 5.75 Å². The van der Waals surface area contributed by atoms with Gasteiger partial charge in [0, 0.05) is 25.6 Å². The average molecular weight is 279 g/mol. The highest BCUT2D eigenvalue weighted by atomic mass is 16.5. The molecule has 1 aromatic rings. The Labute approximate surface area is 118 Å². The lowest BCUT2D eigenvalue weighted by molar-refractivity contribution is -0.131. The Morgan fingerprint density at radius 3 is 2.65 bits per heavy atom. The van der Waals surface area contributed by atoms with Gasteiger partial charge >= 0.3 is 5.97 Å². The van der Waals surface area contributed by atoms with Crippen LogP contribution in [-0.4, -0.2) is 30.1 Å². The molecule has 0 aliphatic carbocycles. The fourth-order valence-electron chi connectivity index (χ4n) is 1.76. The molecule has 0 atom stereocenters. The van der Waals surface area contributed by atoms with Crippen molar-refractivity contribution >= 4 is 11.9 Å². The van der Waals surface area contributed by atoms with Crippen LogP contribution in [0.5, 0.6) is 5.75 Å². The summed E-state index contributed by atoms with van der Waals surface area (Å²) in [6.45, 7) is 2.14. The van der Waals surface area contributed by atoms with Crippen molar-refractivity contribution in [2.24, 2.45) is 0 Å². The van der Waals surface area contributed by atoms with Crippen molar-refractivity contribution in [1.82, 2.24) is 5.32 Å². The van der Waals surface area contributed by atoms with Crippen molar-refractivity contribution in [1.29, 1.82) is 0 Å². The van der Waals surface area contributed by atoms with E-state index in [4.69, 9.17) is 9.84 Å². The maximum Gasteiger partial charge on any atom is 0.308 e. The second-order valence-electron chi connectivity index (χ2n) is 4.52. The third-order valence-corrected chi connectivity index (χ3v) is 2.73. The number of benzene rings is 1. The number of rotatable bonds is 8. The number of aliphatic hydroxyl groups is 1. The molecule has 0 unspecified atom stereocenters. The van der Waals surface area contributed by atoms with Gasteiger partial charge in [-0.3, -0.25) is 9.59 Å². The van der Waals surface area contributed by atoms with Crippen molar-refractivity contribution in [3.8, 4) is 5.75 Å². The van der Waals surface area contributed by atoms with E-state index in [0.29, 0.717) is 17.9 Å². The molecular weight excluding hydrogens is 258 g/mol. The predicted octanol–water partition coefficient (Wildman–Crippen LogP) is 1.89. The maximum atomic E-state index is 11.9. The summed E-state index contributed by atoms with van der Waals surface area (Å²) in [4.78, 5) is 22.7. The van der Waals surface area contributed by atoms with E-state index in [2.05, 4.69) is 5.32 Å². The molecule has 0 spiro atoms. The third-order valence-electron chi connectivity index (χ3n) is 2.73. The Bertz CT molecular complexity index is 445. The molecule has 0 aromatic heterocycles. The summed E-state index contributed by atoms with van der Waals surface area (Å²) >= 11 is 0. The SMILES string of the molecule is CC(=O)Oc1cccc(C(=O)NCCCCCCO)c1. The Morgan fingerprint density at radius 2 is 1.95 bits per heavy atom. The van der Waals surface area contributed by atoms with Gasteiger partial charge in [-0.15, -0.1) is 0 Å². The van der Waals surface area contributed by atoms with Crippen molar-refractivity contribution in [3.05, 3.63) is 29.8 Å². The highest BCUT2D eigenvalue weighted by Crippen LogP contribution is 2.13. The second-order valence-corrected chi connectivity index (χ2v) is 4.52. The largest absolute Gasteiger partial charge is 0.427 e. The Hall–Kier alpha value is -1.88. The van der Waals surface area contributed by atoms with Crippen LogP contribution < -0.4 is 10.1 Å². The summed E-state index contributed by atoms with van der Waals surface area (Å²) in [5.41, 5.74) is 0.471. The van der Waals surface area contributed by atoms with Gasteiger partial charge in [0.25, 0.3) is 5.91 Å². The van der Waals surface area contributed by atoms with Crippen molar-refractivity contribution in [2.45, 2.75) is 32.6 Å². The van der Waals surface area contributed by atoms with Crippen LogP contribution in [0.25, 0.3) is 0 Å². The zero-order valence-electron chi connectivity index (χ0n) is 11.7. The lowest BCUT2D eigenvalue weighted by Gasteiger charge is -2.07. The molecule has 0 aliphatic heterocycles. The van der Waals surface area contributed by atoms with Crippen molar-refractivity contribution in [2.75, 3.05) is 13.2 Å². The first-order valence-electron chi connectivity index (χ1n) is 6.81. The second kappa shape index (κ2) is 9.09. The zero-order valence-corrected chi connectivity index (χ0v) is 11.7. The van der Waals surface area contributed by atoms with Crippen LogP contribution in [-0.2, 0) is 4.79 Å². The molecular formula is C15H21NO4. The quantitative estimate of drug-likeness (QED) is 0.433. The lowest BCUT2D eigenvalue weighted by atomic mass is 10.2. The van der Waals surface area contributed by atoms with Gasteiger partial charge in [-0.05, 0) is 31.0 Å². The molecule has 0 fully saturated rings. The van der Waals surface area contributed by atoms with Crippen LogP contribution in [0.2, 0.25) is 0 Å². The fourth-order valence-corrected chi connectivity index (χ4v) is 1.76. The Morgan fingerprint density at radius 1 is 1.20 bits per heavy atom. The number of ether oxygens (including phenoxy) is 1. The maximum absolute atomic E-state index is 11.9. The van der Waals surface area contributed by atoms with Gasteiger partial charge in [-0.1, -0.05) is 18.9 Å². The lowest BCUT2D eigenvalue weighted by Crippen LogP contribution is -2.24. The number of nitrogens with one attached hydrogen (secondary N) is 1. The monoisotopic (exact) mass is 279 g/mol. The number of carbonyl (C=O) groups excluding carboxylic acids is 2. The van der Waals surface area contributed by atoms with Gasteiger partial charge in [0.05, 0.1) is 0 Å². The third kappa shape index (κ3) is 6.33. The van der Waals surface area contributed by atoms with Crippen LogP contribution >= 0.6 is 0 Å². The molecule has 0 saturated heterocycles. The van der Waals surface area contributed by atoms with Crippen LogP contribution in [0.4, 0.5) is 0 Å². The number of hydrogen-bond donors (Lipinski definition) is 2. The number of carbonyl (C=O) groups is 2. The fraction of sp³-hybridized carbons (Fsp3) is 0.467. The minimum atomic E-state index is -0.411. The van der Waals surface area contributed by atoms with E-state index in [0.717, 1.165) is 25.7 Å². The van der Waals surface area contributed by atoms with Crippen molar-refractivity contribution in [3.63, 3.8) is 0 Å². The van der Waals surface area contributed by atoms with E-state index in [-0.39, 0.29) is 12.5 Å². The number of unbranched alkanes of at least 4 members (excludes halogenated alkanes) is 3. The summed E-state index contributed by atoms with van der Waals surface area (Å²) < 4.78 is 4.93. The molecule has 0 aliphatic rings. The van der Waals surface area contributed by atoms with Gasteiger partial charge in [-0.2, -0.15) is 0 Å². The number of amides is 1. The van der Waals surface area contributed by atoms with E-state index in [1.165, 1.54) is 6.92 Å². The normalized spacial score (nSPS) is 10.1. The zero-order chi connectivity index (χ0) is 14.8. The molecule has 0 bridgehead atoms. The molecule has 0 saturated carbocycles. The molecule has 1 amide bonds. The van der Waals surface area contributed by atoms with E-state index >= 15 is 0 Å². The first kappa shape index (κ1) is 16.2. The Balaban J connectivity index is 2.37. The molecule has 0 radical (unpaired) electrons. The summed E-state index contributed by atoms with van der Waals surface area (Å²) in [7, 11) is 0. The smallest absolute Gasteiger partial charge is 0.308 e. The minimum Gasteiger partial charge on any atom is -0.427 e. The highest BCUT2D eigenvalue weighted by molar-refractivity contribution is 5.94. The minimum absolute atomic E-state index is 0.179. The van der Waals surface area contributed by atoms with Gasteiger partial charge in [0.15, 0.2) is 0 Å². The average Bonchev–Trinajstić information content (AvgIpc) is 2.42. The summed E-state index contributed by atoms with van der Waals surface area (Å²) in [6.07, 6.45) is 3.64. The van der Waals surface area contributed by atoms with Crippen LogP contribution in [0.15, 0.2) is 24.3 Å². The predicted molar refractivity (Wildman–Crippen MR) is 75.6 cm³/mol. The van der Waals surface area contributed by atoms with E-state index in [9.17, 15) is 9.59 Å². The molecule has 5 nitrogen and oxygen atoms in total. The molecule has 5 heteroatoms. The van der Waals surface area contributed by atoms with Gasteiger partial charge in [0.2, 0.25) is 0 Å². The van der Waals surface area contributed by atoms with E-state index in [1.54, 1.807) is 24.3 Å². The Kier molecular flexibility index (Phi) is 7.35. The van der Waals surface area contributed by atoms with Gasteiger partial charge < -0.3 is 15.2 Å². The molecule has 110 valence electrons. The number of aliphatic hydroxyl groups excluding tert-OH is 1. The summed E-state index contributed by atoms with van der Waals surface area (Å²) in [5.74, 6) is -0.222. The number of esters is 1. The van der Waals surface area contributed by atoms with Crippen LogP contribution in [0.3, 0.4) is 0 Å². The molecule has 2 N–H and O–H groups in total. The summed E-state index contributed by atoms with van der Waals surface area (Å²) in [6, 6.07) is 6.53.